The van der Waals surface area contributed by atoms with E-state index >= 15 is 0 Å². The summed E-state index contributed by atoms with van der Waals surface area (Å²) in [6, 6.07) is 5.57. The molecule has 3 heterocycles. The molecule has 0 saturated heterocycles. The Labute approximate surface area is 140 Å². The van der Waals surface area contributed by atoms with E-state index in [4.69, 9.17) is 9.05 Å². The van der Waals surface area contributed by atoms with Gasteiger partial charge in [-0.05, 0) is 18.4 Å². The maximum Gasteiger partial charge on any atom is 0.236 e. The van der Waals surface area contributed by atoms with Crippen LogP contribution in [0.4, 0.5) is 5.82 Å². The van der Waals surface area contributed by atoms with Crippen LogP contribution in [0.3, 0.4) is 0 Å². The summed E-state index contributed by atoms with van der Waals surface area (Å²) >= 11 is 3.13. The molecule has 0 unspecified atom stereocenters. The fourth-order valence-electron chi connectivity index (χ4n) is 1.77. The summed E-state index contributed by atoms with van der Waals surface area (Å²) in [4.78, 5) is 17.0. The number of nitrogens with one attached hydrogen (secondary N) is 1. The molecule has 3 rings (SSSR count). The second kappa shape index (κ2) is 7.42. The van der Waals surface area contributed by atoms with Crippen LogP contribution < -0.4 is 5.32 Å². The third-order valence-electron chi connectivity index (χ3n) is 2.80. The number of thioether (sulfide) groups is 1. The number of aromatic nitrogens is 3. The Morgan fingerprint density at radius 3 is 3.04 bits per heavy atom. The van der Waals surface area contributed by atoms with Crippen molar-refractivity contribution in [3.8, 4) is 10.7 Å². The zero-order valence-corrected chi connectivity index (χ0v) is 13.9. The van der Waals surface area contributed by atoms with Crippen LogP contribution >= 0.6 is 23.1 Å². The molecule has 9 heteroatoms. The Bertz CT molecular complexity index is 767. The summed E-state index contributed by atoms with van der Waals surface area (Å²) < 4.78 is 10.1. The first-order valence-electron chi connectivity index (χ1n) is 6.88. The van der Waals surface area contributed by atoms with Crippen LogP contribution in [-0.4, -0.2) is 27.0 Å². The molecule has 0 bridgehead atoms. The molecule has 0 saturated carbocycles. The van der Waals surface area contributed by atoms with E-state index < -0.39 is 0 Å². The highest BCUT2D eigenvalue weighted by atomic mass is 32.2. The van der Waals surface area contributed by atoms with Gasteiger partial charge in [0.2, 0.25) is 17.6 Å². The van der Waals surface area contributed by atoms with Crippen LogP contribution in [-0.2, 0) is 10.5 Å². The molecule has 120 valence electrons. The Morgan fingerprint density at radius 1 is 1.39 bits per heavy atom. The number of nitrogens with zero attached hydrogens (tertiary/aromatic N) is 3. The van der Waals surface area contributed by atoms with Crippen molar-refractivity contribution in [2.45, 2.75) is 19.1 Å². The predicted molar refractivity (Wildman–Crippen MR) is 88.3 cm³/mol. The molecule has 7 nitrogen and oxygen atoms in total. The first-order chi connectivity index (χ1) is 11.2. The number of hydrogen-bond acceptors (Lipinski definition) is 8. The van der Waals surface area contributed by atoms with Crippen molar-refractivity contribution < 1.29 is 13.8 Å². The SMILES string of the molecule is Cc1cc(NC(=O)CCSCc2nc(-c3cccs3)no2)no1. The second-order valence-electron chi connectivity index (χ2n) is 4.66. The fraction of sp³-hybridized carbons (Fsp3) is 0.286. The highest BCUT2D eigenvalue weighted by Gasteiger charge is 2.10. The molecule has 1 N–H and O–H groups in total. The van der Waals surface area contributed by atoms with E-state index in [0.29, 0.717) is 41.2 Å². The Morgan fingerprint density at radius 2 is 2.30 bits per heavy atom. The quantitative estimate of drug-likeness (QED) is 0.653. The van der Waals surface area contributed by atoms with Crippen molar-refractivity contribution >= 4 is 34.8 Å². The molecule has 0 radical (unpaired) electrons. The van der Waals surface area contributed by atoms with Crippen LogP contribution in [0.5, 0.6) is 0 Å². The molecule has 1 amide bonds. The lowest BCUT2D eigenvalue weighted by molar-refractivity contribution is -0.115. The van der Waals surface area contributed by atoms with E-state index in [2.05, 4.69) is 20.6 Å². The van der Waals surface area contributed by atoms with Crippen LogP contribution in [0.15, 0.2) is 32.6 Å². The molecule has 3 aromatic heterocycles. The highest BCUT2D eigenvalue weighted by molar-refractivity contribution is 7.98. The van der Waals surface area contributed by atoms with Gasteiger partial charge in [-0.3, -0.25) is 4.79 Å². The summed E-state index contributed by atoms with van der Waals surface area (Å²) in [6.07, 6.45) is 0.377. The van der Waals surface area contributed by atoms with Gasteiger partial charge >= 0.3 is 0 Å². The number of anilines is 1. The molecule has 0 aliphatic heterocycles. The van der Waals surface area contributed by atoms with Crippen molar-refractivity contribution in [1.29, 1.82) is 0 Å². The average Bonchev–Trinajstić information content (AvgIpc) is 3.25. The second-order valence-corrected chi connectivity index (χ2v) is 6.72. The monoisotopic (exact) mass is 350 g/mol. The van der Waals surface area contributed by atoms with E-state index in [1.807, 2.05) is 17.5 Å². The number of carbonyl (C=O) groups excluding carboxylic acids is 1. The average molecular weight is 350 g/mol. The first-order valence-corrected chi connectivity index (χ1v) is 8.91. The third kappa shape index (κ3) is 4.42. The third-order valence-corrected chi connectivity index (χ3v) is 4.61. The normalized spacial score (nSPS) is 10.8. The van der Waals surface area contributed by atoms with E-state index in [1.54, 1.807) is 36.1 Å². The minimum atomic E-state index is -0.101. The standard InChI is InChI=1S/C14H14N4O3S2/c1-9-7-11(17-20-9)15-12(19)4-6-22-8-13-16-14(18-21-13)10-3-2-5-23-10/h2-3,5,7H,4,6,8H2,1H3,(H,15,17,19). The minimum Gasteiger partial charge on any atom is -0.360 e. The number of amides is 1. The highest BCUT2D eigenvalue weighted by Crippen LogP contribution is 2.22. The topological polar surface area (TPSA) is 94.1 Å². The molecule has 0 aromatic carbocycles. The first kappa shape index (κ1) is 15.8. The summed E-state index contributed by atoms with van der Waals surface area (Å²) in [5.74, 6) is 3.40. The molecule has 0 spiro atoms. The molecule has 0 aliphatic rings. The zero-order valence-electron chi connectivity index (χ0n) is 12.3. The van der Waals surface area contributed by atoms with Gasteiger partial charge in [-0.1, -0.05) is 16.4 Å². The van der Waals surface area contributed by atoms with Crippen molar-refractivity contribution in [2.24, 2.45) is 0 Å². The molecule has 0 fully saturated rings. The largest absolute Gasteiger partial charge is 0.360 e. The summed E-state index contributed by atoms with van der Waals surface area (Å²) in [7, 11) is 0. The molecular formula is C14H14N4O3S2. The molecule has 23 heavy (non-hydrogen) atoms. The molecule has 0 atom stereocenters. The van der Waals surface area contributed by atoms with E-state index in [0.717, 1.165) is 4.88 Å². The van der Waals surface area contributed by atoms with Crippen molar-refractivity contribution in [3.05, 3.63) is 35.2 Å². The lowest BCUT2D eigenvalue weighted by atomic mass is 10.4. The maximum absolute atomic E-state index is 11.7. The van der Waals surface area contributed by atoms with E-state index in [-0.39, 0.29) is 5.91 Å². The number of aryl methyl sites for hydroxylation is 1. The van der Waals surface area contributed by atoms with E-state index in [9.17, 15) is 4.79 Å². The van der Waals surface area contributed by atoms with Gasteiger partial charge in [0.25, 0.3) is 0 Å². The van der Waals surface area contributed by atoms with Crippen LogP contribution in [0.25, 0.3) is 10.7 Å². The predicted octanol–water partition coefficient (Wildman–Crippen LogP) is 3.36. The van der Waals surface area contributed by atoms with Gasteiger partial charge in [0.15, 0.2) is 5.82 Å². The Balaban J connectivity index is 1.39. The van der Waals surface area contributed by atoms with Gasteiger partial charge in [-0.2, -0.15) is 16.7 Å². The fourth-order valence-corrected chi connectivity index (χ4v) is 3.19. The van der Waals surface area contributed by atoms with Gasteiger partial charge in [0.05, 0.1) is 10.6 Å². The zero-order chi connectivity index (χ0) is 16.1. The van der Waals surface area contributed by atoms with Crippen LogP contribution in [0, 0.1) is 6.92 Å². The summed E-state index contributed by atoms with van der Waals surface area (Å²) in [5.41, 5.74) is 0. The number of carbonyl (C=O) groups is 1. The molecule has 0 aliphatic carbocycles. The van der Waals surface area contributed by atoms with Gasteiger partial charge in [-0.15, -0.1) is 11.3 Å². The summed E-state index contributed by atoms with van der Waals surface area (Å²) in [6.45, 7) is 1.77. The lowest BCUT2D eigenvalue weighted by Gasteiger charge is -2.00. The Hall–Kier alpha value is -2.13. The van der Waals surface area contributed by atoms with Gasteiger partial charge in [-0.25, -0.2) is 0 Å². The molecular weight excluding hydrogens is 336 g/mol. The molecule has 3 aromatic rings. The van der Waals surface area contributed by atoms with Crippen molar-refractivity contribution in [1.82, 2.24) is 15.3 Å². The number of thiophene rings is 1. The number of hydrogen-bond donors (Lipinski definition) is 1. The smallest absolute Gasteiger partial charge is 0.236 e. The van der Waals surface area contributed by atoms with Crippen molar-refractivity contribution in [3.63, 3.8) is 0 Å². The van der Waals surface area contributed by atoms with E-state index in [1.165, 1.54) is 0 Å². The maximum atomic E-state index is 11.7. The Kier molecular flexibility index (Phi) is 5.09. The van der Waals surface area contributed by atoms with Gasteiger partial charge in [0.1, 0.15) is 5.76 Å². The van der Waals surface area contributed by atoms with Crippen LogP contribution in [0.1, 0.15) is 18.1 Å². The minimum absolute atomic E-state index is 0.101. The summed E-state index contributed by atoms with van der Waals surface area (Å²) in [5, 5.41) is 12.3. The number of rotatable bonds is 7. The van der Waals surface area contributed by atoms with Gasteiger partial charge in [0, 0.05) is 18.2 Å². The lowest BCUT2D eigenvalue weighted by Crippen LogP contribution is -2.12. The van der Waals surface area contributed by atoms with Gasteiger partial charge < -0.3 is 14.4 Å². The van der Waals surface area contributed by atoms with Crippen molar-refractivity contribution in [2.75, 3.05) is 11.1 Å². The van der Waals surface area contributed by atoms with Crippen LogP contribution in [0.2, 0.25) is 0 Å².